The summed E-state index contributed by atoms with van der Waals surface area (Å²) in [7, 11) is 1.53. The lowest BCUT2D eigenvalue weighted by atomic mass is 10.1. The van der Waals surface area contributed by atoms with Crippen molar-refractivity contribution in [1.82, 2.24) is 4.98 Å². The first-order valence-electron chi connectivity index (χ1n) is 3.85. The van der Waals surface area contributed by atoms with Gasteiger partial charge in [0.2, 0.25) is 5.88 Å². The predicted molar refractivity (Wildman–Crippen MR) is 46.9 cm³/mol. The van der Waals surface area contributed by atoms with Crippen molar-refractivity contribution in [3.05, 3.63) is 23.4 Å². The van der Waals surface area contributed by atoms with E-state index in [0.29, 0.717) is 11.4 Å². The zero-order chi connectivity index (χ0) is 9.84. The second-order valence-corrected chi connectivity index (χ2v) is 2.74. The quantitative estimate of drug-likeness (QED) is 0.756. The van der Waals surface area contributed by atoms with Gasteiger partial charge in [0.1, 0.15) is 0 Å². The summed E-state index contributed by atoms with van der Waals surface area (Å²) in [5.74, 6) is -0.319. The van der Waals surface area contributed by atoms with Crippen LogP contribution in [0.1, 0.15) is 11.1 Å². The van der Waals surface area contributed by atoms with Gasteiger partial charge in [-0.1, -0.05) is 0 Å². The number of methoxy groups -OCH3 is 1. The van der Waals surface area contributed by atoms with Gasteiger partial charge < -0.3 is 9.84 Å². The van der Waals surface area contributed by atoms with E-state index in [1.54, 1.807) is 6.07 Å². The van der Waals surface area contributed by atoms with Gasteiger partial charge in [0.15, 0.2) is 0 Å². The lowest BCUT2D eigenvalue weighted by Gasteiger charge is -2.04. The molecule has 1 aromatic rings. The summed E-state index contributed by atoms with van der Waals surface area (Å²) in [6.07, 6.45) is 1.51. The van der Waals surface area contributed by atoms with Gasteiger partial charge in [-0.25, -0.2) is 4.98 Å². The third-order valence-electron chi connectivity index (χ3n) is 1.64. The van der Waals surface area contributed by atoms with E-state index in [1.807, 2.05) is 6.92 Å². The Balaban J connectivity index is 2.89. The molecule has 0 aromatic carbocycles. The van der Waals surface area contributed by atoms with Gasteiger partial charge in [-0.15, -0.1) is 0 Å². The van der Waals surface area contributed by atoms with E-state index in [9.17, 15) is 4.79 Å². The maximum Gasteiger partial charge on any atom is 0.307 e. The maximum atomic E-state index is 10.4. The van der Waals surface area contributed by atoms with Crippen molar-refractivity contribution in [2.45, 2.75) is 13.3 Å². The molecule has 4 nitrogen and oxygen atoms in total. The minimum atomic E-state index is -0.855. The molecule has 0 atom stereocenters. The number of hydrogen-bond acceptors (Lipinski definition) is 3. The van der Waals surface area contributed by atoms with Crippen molar-refractivity contribution < 1.29 is 14.6 Å². The minimum absolute atomic E-state index is 0.00215. The zero-order valence-electron chi connectivity index (χ0n) is 7.57. The molecule has 1 N–H and O–H groups in total. The third kappa shape index (κ3) is 2.43. The number of hydrogen-bond donors (Lipinski definition) is 1. The van der Waals surface area contributed by atoms with Crippen LogP contribution in [0.5, 0.6) is 5.88 Å². The molecule has 4 heteroatoms. The normalized spacial score (nSPS) is 9.69. The van der Waals surface area contributed by atoms with Gasteiger partial charge in [0.05, 0.1) is 13.5 Å². The summed E-state index contributed by atoms with van der Waals surface area (Å²) in [6, 6.07) is 1.76. The standard InChI is InChI=1S/C9H11NO3/c1-6-3-7(4-8(11)12)5-10-9(6)13-2/h3,5H,4H2,1-2H3,(H,11,12). The number of nitrogens with zero attached hydrogens (tertiary/aromatic N) is 1. The first-order valence-corrected chi connectivity index (χ1v) is 3.85. The van der Waals surface area contributed by atoms with Crippen LogP contribution in [0, 0.1) is 6.92 Å². The number of aromatic nitrogens is 1. The maximum absolute atomic E-state index is 10.4. The van der Waals surface area contributed by atoms with Gasteiger partial charge in [0.25, 0.3) is 0 Å². The van der Waals surface area contributed by atoms with Crippen molar-refractivity contribution >= 4 is 5.97 Å². The monoisotopic (exact) mass is 181 g/mol. The van der Waals surface area contributed by atoms with Crippen molar-refractivity contribution in [2.75, 3.05) is 7.11 Å². The van der Waals surface area contributed by atoms with Crippen LogP contribution in [0.4, 0.5) is 0 Å². The van der Waals surface area contributed by atoms with E-state index in [0.717, 1.165) is 5.56 Å². The number of ether oxygens (including phenoxy) is 1. The topological polar surface area (TPSA) is 59.4 Å². The molecule has 0 amide bonds. The molecule has 0 saturated heterocycles. The van der Waals surface area contributed by atoms with Gasteiger partial charge in [-0.2, -0.15) is 0 Å². The third-order valence-corrected chi connectivity index (χ3v) is 1.64. The largest absolute Gasteiger partial charge is 0.481 e. The van der Waals surface area contributed by atoms with E-state index in [-0.39, 0.29) is 6.42 Å². The van der Waals surface area contributed by atoms with E-state index in [4.69, 9.17) is 9.84 Å². The second kappa shape index (κ2) is 3.89. The summed E-state index contributed by atoms with van der Waals surface area (Å²) in [5.41, 5.74) is 1.53. The van der Waals surface area contributed by atoms with E-state index < -0.39 is 5.97 Å². The molecule has 1 rings (SSSR count). The Kier molecular flexibility index (Phi) is 2.84. The molecular formula is C9H11NO3. The van der Waals surface area contributed by atoms with Crippen LogP contribution in [0.15, 0.2) is 12.3 Å². The number of carboxylic acids is 1. The molecule has 13 heavy (non-hydrogen) atoms. The van der Waals surface area contributed by atoms with E-state index in [2.05, 4.69) is 4.98 Å². The number of rotatable bonds is 3. The Morgan fingerprint density at radius 3 is 2.85 bits per heavy atom. The van der Waals surface area contributed by atoms with Crippen LogP contribution in [0.25, 0.3) is 0 Å². The highest BCUT2D eigenvalue weighted by Gasteiger charge is 2.04. The number of aryl methyl sites for hydroxylation is 1. The molecule has 0 fully saturated rings. The van der Waals surface area contributed by atoms with Gasteiger partial charge in [0, 0.05) is 11.8 Å². The fourth-order valence-electron chi connectivity index (χ4n) is 1.11. The molecule has 0 saturated carbocycles. The van der Waals surface area contributed by atoms with Gasteiger partial charge in [-0.05, 0) is 18.6 Å². The van der Waals surface area contributed by atoms with Crippen LogP contribution in [0.2, 0.25) is 0 Å². The SMILES string of the molecule is COc1ncc(CC(=O)O)cc1C. The highest BCUT2D eigenvalue weighted by Crippen LogP contribution is 2.14. The molecule has 70 valence electrons. The van der Waals surface area contributed by atoms with Crippen LogP contribution in [-0.4, -0.2) is 23.2 Å². The summed E-state index contributed by atoms with van der Waals surface area (Å²) in [5, 5.41) is 8.53. The first kappa shape index (κ1) is 9.51. The summed E-state index contributed by atoms with van der Waals surface area (Å²) in [4.78, 5) is 14.3. The fourth-order valence-corrected chi connectivity index (χ4v) is 1.11. The van der Waals surface area contributed by atoms with Crippen LogP contribution in [-0.2, 0) is 11.2 Å². The molecule has 0 bridgehead atoms. The Bertz CT molecular complexity index is 323. The number of carboxylic acid groups (broad SMARTS) is 1. The molecule has 0 radical (unpaired) electrons. The number of aliphatic carboxylic acids is 1. The molecule has 0 aliphatic carbocycles. The first-order chi connectivity index (χ1) is 6.13. The minimum Gasteiger partial charge on any atom is -0.481 e. The van der Waals surface area contributed by atoms with E-state index >= 15 is 0 Å². The Morgan fingerprint density at radius 2 is 2.38 bits per heavy atom. The Morgan fingerprint density at radius 1 is 1.69 bits per heavy atom. The highest BCUT2D eigenvalue weighted by molar-refractivity contribution is 5.70. The smallest absolute Gasteiger partial charge is 0.307 e. The Hall–Kier alpha value is -1.58. The predicted octanol–water partition coefficient (Wildman–Crippen LogP) is 1.03. The van der Waals surface area contributed by atoms with Gasteiger partial charge in [-0.3, -0.25) is 4.79 Å². The lowest BCUT2D eigenvalue weighted by Crippen LogP contribution is -2.01. The molecule has 1 heterocycles. The summed E-state index contributed by atoms with van der Waals surface area (Å²) >= 11 is 0. The number of pyridine rings is 1. The molecule has 0 spiro atoms. The molecule has 0 aliphatic rings. The van der Waals surface area contributed by atoms with Gasteiger partial charge >= 0.3 is 5.97 Å². The summed E-state index contributed by atoms with van der Waals surface area (Å²) < 4.78 is 4.95. The van der Waals surface area contributed by atoms with Crippen LogP contribution < -0.4 is 4.74 Å². The molecule has 0 aliphatic heterocycles. The molecular weight excluding hydrogens is 170 g/mol. The highest BCUT2D eigenvalue weighted by atomic mass is 16.5. The van der Waals surface area contributed by atoms with E-state index in [1.165, 1.54) is 13.3 Å². The van der Waals surface area contributed by atoms with Crippen molar-refractivity contribution in [3.63, 3.8) is 0 Å². The van der Waals surface area contributed by atoms with Crippen LogP contribution >= 0.6 is 0 Å². The molecule has 1 aromatic heterocycles. The number of carbonyl (C=O) groups is 1. The van der Waals surface area contributed by atoms with Crippen molar-refractivity contribution in [2.24, 2.45) is 0 Å². The average Bonchev–Trinajstić information content (AvgIpc) is 2.03. The second-order valence-electron chi connectivity index (χ2n) is 2.74. The average molecular weight is 181 g/mol. The summed E-state index contributed by atoms with van der Waals surface area (Å²) in [6.45, 7) is 1.83. The Labute approximate surface area is 76.2 Å². The molecule has 0 unspecified atom stereocenters. The van der Waals surface area contributed by atoms with Crippen molar-refractivity contribution in [1.29, 1.82) is 0 Å². The van der Waals surface area contributed by atoms with Crippen molar-refractivity contribution in [3.8, 4) is 5.88 Å². The zero-order valence-corrected chi connectivity index (χ0v) is 7.57. The fraction of sp³-hybridized carbons (Fsp3) is 0.333. The van der Waals surface area contributed by atoms with Crippen LogP contribution in [0.3, 0.4) is 0 Å². The lowest BCUT2D eigenvalue weighted by molar-refractivity contribution is -0.136.